The van der Waals surface area contributed by atoms with Gasteiger partial charge in [0.2, 0.25) is 5.91 Å². The molecule has 3 unspecified atom stereocenters. The monoisotopic (exact) mass is 253 g/mol. The zero-order valence-corrected chi connectivity index (χ0v) is 10.9. The van der Waals surface area contributed by atoms with Crippen molar-refractivity contribution in [3.05, 3.63) is 0 Å². The fourth-order valence-electron chi connectivity index (χ4n) is 3.50. The van der Waals surface area contributed by atoms with Gasteiger partial charge < -0.3 is 14.8 Å². The second kappa shape index (κ2) is 5.57. The van der Waals surface area contributed by atoms with Crippen LogP contribution in [0, 0.1) is 5.92 Å². The second-order valence-electron chi connectivity index (χ2n) is 5.82. The summed E-state index contributed by atoms with van der Waals surface area (Å²) < 4.78 is 11.4. The maximum atomic E-state index is 12.1. The highest BCUT2D eigenvalue weighted by molar-refractivity contribution is 5.79. The molecule has 102 valence electrons. The molecule has 0 aromatic heterocycles. The number of nitrogens with one attached hydrogen (secondary N) is 1. The number of fused-ring (bicyclic) bond motifs is 1. The molecule has 1 heterocycles. The lowest BCUT2D eigenvalue weighted by Gasteiger charge is -2.39. The van der Waals surface area contributed by atoms with Gasteiger partial charge in [-0.15, -0.1) is 0 Å². The van der Waals surface area contributed by atoms with E-state index in [2.05, 4.69) is 5.32 Å². The van der Waals surface area contributed by atoms with Crippen molar-refractivity contribution >= 4 is 5.91 Å². The molecule has 18 heavy (non-hydrogen) atoms. The molecule has 3 rings (SSSR count). The predicted octanol–water partition coefficient (Wildman–Crippen LogP) is 1.63. The van der Waals surface area contributed by atoms with Crippen molar-refractivity contribution < 1.29 is 14.3 Å². The molecule has 0 aromatic rings. The van der Waals surface area contributed by atoms with Crippen molar-refractivity contribution in [2.45, 2.75) is 63.2 Å². The number of hydrogen-bond acceptors (Lipinski definition) is 3. The van der Waals surface area contributed by atoms with E-state index < -0.39 is 0 Å². The van der Waals surface area contributed by atoms with Crippen molar-refractivity contribution in [1.82, 2.24) is 5.32 Å². The quantitative estimate of drug-likeness (QED) is 0.813. The summed E-state index contributed by atoms with van der Waals surface area (Å²) in [5.74, 6) is 0.541. The van der Waals surface area contributed by atoms with Gasteiger partial charge in [-0.25, -0.2) is 0 Å². The van der Waals surface area contributed by atoms with Gasteiger partial charge in [-0.3, -0.25) is 4.79 Å². The van der Waals surface area contributed by atoms with Gasteiger partial charge in [-0.1, -0.05) is 12.8 Å². The van der Waals surface area contributed by atoms with Gasteiger partial charge in [-0.05, 0) is 32.1 Å². The summed E-state index contributed by atoms with van der Waals surface area (Å²) in [6, 6.07) is 0.293. The normalized spacial score (nSPS) is 37.2. The van der Waals surface area contributed by atoms with Gasteiger partial charge in [0.15, 0.2) is 0 Å². The molecule has 1 N–H and O–H groups in total. The van der Waals surface area contributed by atoms with Crippen molar-refractivity contribution in [1.29, 1.82) is 0 Å². The molecular formula is C14H23NO3. The number of carbonyl (C=O) groups is 1. The minimum Gasteiger partial charge on any atom is -0.373 e. The Morgan fingerprint density at radius 1 is 0.944 bits per heavy atom. The predicted molar refractivity (Wildman–Crippen MR) is 67.2 cm³/mol. The van der Waals surface area contributed by atoms with E-state index in [0.29, 0.717) is 12.6 Å². The van der Waals surface area contributed by atoms with Gasteiger partial charge in [0.05, 0.1) is 25.4 Å². The average Bonchev–Trinajstić information content (AvgIpc) is 2.92. The Hall–Kier alpha value is -0.610. The van der Waals surface area contributed by atoms with E-state index >= 15 is 0 Å². The molecule has 3 atom stereocenters. The molecule has 1 amide bonds. The SMILES string of the molecule is O=C(NC1CCC2OCCOC2C1)C1CCCC1. The molecule has 0 radical (unpaired) electrons. The van der Waals surface area contributed by atoms with E-state index in [0.717, 1.165) is 38.7 Å². The Labute approximate surface area is 108 Å². The van der Waals surface area contributed by atoms with Crippen LogP contribution in [0.2, 0.25) is 0 Å². The minimum atomic E-state index is 0.196. The van der Waals surface area contributed by atoms with E-state index in [1.54, 1.807) is 0 Å². The molecule has 4 nitrogen and oxygen atoms in total. The Morgan fingerprint density at radius 2 is 1.67 bits per heavy atom. The molecule has 0 aromatic carbocycles. The molecule has 0 bridgehead atoms. The Kier molecular flexibility index (Phi) is 3.85. The fourth-order valence-corrected chi connectivity index (χ4v) is 3.50. The molecule has 1 saturated heterocycles. The molecule has 3 fully saturated rings. The summed E-state index contributed by atoms with van der Waals surface area (Å²) in [5.41, 5.74) is 0. The number of ether oxygens (including phenoxy) is 2. The highest BCUT2D eigenvalue weighted by Crippen LogP contribution is 2.28. The van der Waals surface area contributed by atoms with E-state index in [4.69, 9.17) is 9.47 Å². The van der Waals surface area contributed by atoms with Crippen LogP contribution >= 0.6 is 0 Å². The zero-order valence-electron chi connectivity index (χ0n) is 10.9. The van der Waals surface area contributed by atoms with Crippen molar-refractivity contribution in [2.75, 3.05) is 13.2 Å². The van der Waals surface area contributed by atoms with E-state index in [1.807, 2.05) is 0 Å². The largest absolute Gasteiger partial charge is 0.373 e. The minimum absolute atomic E-state index is 0.196. The van der Waals surface area contributed by atoms with Gasteiger partial charge in [0, 0.05) is 12.0 Å². The summed E-state index contributed by atoms with van der Waals surface area (Å²) in [6.07, 6.45) is 8.00. The van der Waals surface area contributed by atoms with E-state index in [-0.39, 0.29) is 24.0 Å². The summed E-state index contributed by atoms with van der Waals surface area (Å²) in [7, 11) is 0. The maximum absolute atomic E-state index is 12.1. The van der Waals surface area contributed by atoms with Gasteiger partial charge >= 0.3 is 0 Å². The third kappa shape index (κ3) is 2.69. The summed E-state index contributed by atoms with van der Waals surface area (Å²) >= 11 is 0. The highest BCUT2D eigenvalue weighted by Gasteiger charge is 2.35. The first kappa shape index (κ1) is 12.4. The Morgan fingerprint density at radius 3 is 2.44 bits per heavy atom. The van der Waals surface area contributed by atoms with Crippen LogP contribution in [0.3, 0.4) is 0 Å². The van der Waals surface area contributed by atoms with E-state index in [9.17, 15) is 4.79 Å². The zero-order chi connectivity index (χ0) is 12.4. The van der Waals surface area contributed by atoms with Gasteiger partial charge in [-0.2, -0.15) is 0 Å². The number of rotatable bonds is 2. The average molecular weight is 253 g/mol. The molecule has 1 aliphatic heterocycles. The Bertz CT molecular complexity index is 301. The van der Waals surface area contributed by atoms with E-state index in [1.165, 1.54) is 12.8 Å². The summed E-state index contributed by atoms with van der Waals surface area (Å²) in [4.78, 5) is 12.1. The van der Waals surface area contributed by atoms with Crippen molar-refractivity contribution in [3.63, 3.8) is 0 Å². The molecular weight excluding hydrogens is 230 g/mol. The van der Waals surface area contributed by atoms with Crippen LogP contribution < -0.4 is 5.32 Å². The van der Waals surface area contributed by atoms with Crippen LogP contribution in [-0.2, 0) is 14.3 Å². The number of hydrogen-bond donors (Lipinski definition) is 1. The first-order valence-corrected chi connectivity index (χ1v) is 7.36. The fraction of sp³-hybridized carbons (Fsp3) is 0.929. The summed E-state index contributed by atoms with van der Waals surface area (Å²) in [6.45, 7) is 1.42. The topological polar surface area (TPSA) is 47.6 Å². The van der Waals surface area contributed by atoms with Gasteiger partial charge in [0.1, 0.15) is 0 Å². The lowest BCUT2D eigenvalue weighted by atomic mass is 9.89. The Balaban J connectivity index is 1.49. The third-order valence-electron chi connectivity index (χ3n) is 4.55. The van der Waals surface area contributed by atoms with Gasteiger partial charge in [0.25, 0.3) is 0 Å². The molecule has 3 aliphatic rings. The first-order valence-electron chi connectivity index (χ1n) is 7.36. The van der Waals surface area contributed by atoms with Crippen LogP contribution in [0.25, 0.3) is 0 Å². The molecule has 2 aliphatic carbocycles. The first-order chi connectivity index (χ1) is 8.83. The van der Waals surface area contributed by atoms with Crippen LogP contribution in [0.4, 0.5) is 0 Å². The number of amides is 1. The molecule has 4 heteroatoms. The maximum Gasteiger partial charge on any atom is 0.223 e. The lowest BCUT2D eigenvalue weighted by Crippen LogP contribution is -2.50. The van der Waals surface area contributed by atoms with Crippen LogP contribution in [0.5, 0.6) is 0 Å². The third-order valence-corrected chi connectivity index (χ3v) is 4.55. The standard InChI is InChI=1S/C14H23NO3/c16-14(10-3-1-2-4-10)15-11-5-6-12-13(9-11)18-8-7-17-12/h10-13H,1-9H2,(H,15,16). The lowest BCUT2D eigenvalue weighted by molar-refractivity contribution is -0.159. The van der Waals surface area contributed by atoms with Crippen molar-refractivity contribution in [2.24, 2.45) is 5.92 Å². The number of carbonyl (C=O) groups excluding carboxylic acids is 1. The van der Waals surface area contributed by atoms with Crippen LogP contribution in [-0.4, -0.2) is 37.4 Å². The molecule has 2 saturated carbocycles. The van der Waals surface area contributed by atoms with Crippen LogP contribution in [0.15, 0.2) is 0 Å². The van der Waals surface area contributed by atoms with Crippen LogP contribution in [0.1, 0.15) is 44.9 Å². The highest BCUT2D eigenvalue weighted by atomic mass is 16.6. The smallest absolute Gasteiger partial charge is 0.223 e. The second-order valence-corrected chi connectivity index (χ2v) is 5.82. The molecule has 0 spiro atoms. The van der Waals surface area contributed by atoms with Crippen molar-refractivity contribution in [3.8, 4) is 0 Å². The summed E-state index contributed by atoms with van der Waals surface area (Å²) in [5, 5.41) is 3.22.